The van der Waals surface area contributed by atoms with Gasteiger partial charge in [-0.15, -0.1) is 0 Å². The molecule has 0 aliphatic carbocycles. The van der Waals surface area contributed by atoms with E-state index >= 15 is 0 Å². The first-order chi connectivity index (χ1) is 12.2. The van der Waals surface area contributed by atoms with Gasteiger partial charge in [-0.05, 0) is 36.8 Å². The van der Waals surface area contributed by atoms with E-state index < -0.39 is 5.92 Å². The molecule has 3 aromatic rings. The molecule has 0 bridgehead atoms. The summed E-state index contributed by atoms with van der Waals surface area (Å²) in [6.45, 7) is 1.83. The number of benzene rings is 3. The molecule has 0 aliphatic heterocycles. The molecule has 3 rings (SSSR count). The van der Waals surface area contributed by atoms with Crippen molar-refractivity contribution in [3.63, 3.8) is 0 Å². The first kappa shape index (κ1) is 16.7. The van der Waals surface area contributed by atoms with Gasteiger partial charge in [0, 0.05) is 5.56 Å². The van der Waals surface area contributed by atoms with Crippen LogP contribution in [0.1, 0.15) is 28.8 Å². The Morgan fingerprint density at radius 1 is 0.720 bits per heavy atom. The van der Waals surface area contributed by atoms with Crippen LogP contribution in [0.4, 0.5) is 5.69 Å². The molecule has 0 fully saturated rings. The van der Waals surface area contributed by atoms with E-state index in [1.807, 2.05) is 61.5 Å². The highest BCUT2D eigenvalue weighted by Gasteiger charge is 2.29. The van der Waals surface area contributed by atoms with E-state index in [0.717, 1.165) is 5.56 Å². The molecule has 1 unspecified atom stereocenters. The van der Waals surface area contributed by atoms with Gasteiger partial charge in [0.15, 0.2) is 0 Å². The Kier molecular flexibility index (Phi) is 5.05. The normalized spacial score (nSPS) is 11.6. The number of imide groups is 1. The Morgan fingerprint density at radius 3 is 1.76 bits per heavy atom. The third-order valence-electron chi connectivity index (χ3n) is 4.13. The fraction of sp³-hybridized carbons (Fsp3) is 0.0909. The van der Waals surface area contributed by atoms with Crippen molar-refractivity contribution in [3.05, 3.63) is 102 Å². The van der Waals surface area contributed by atoms with Crippen molar-refractivity contribution in [2.75, 3.05) is 4.90 Å². The lowest BCUT2D eigenvalue weighted by Gasteiger charge is -2.24. The summed E-state index contributed by atoms with van der Waals surface area (Å²) in [4.78, 5) is 27.5. The molecule has 0 aliphatic rings. The van der Waals surface area contributed by atoms with Gasteiger partial charge in [0.2, 0.25) is 5.91 Å². The van der Waals surface area contributed by atoms with Gasteiger partial charge in [0.1, 0.15) is 0 Å². The quantitative estimate of drug-likeness (QED) is 0.698. The summed E-state index contributed by atoms with van der Waals surface area (Å²) in [5.74, 6) is -0.986. The van der Waals surface area contributed by atoms with Crippen molar-refractivity contribution in [1.82, 2.24) is 0 Å². The van der Waals surface area contributed by atoms with Crippen LogP contribution in [-0.2, 0) is 4.79 Å². The predicted molar refractivity (Wildman–Crippen MR) is 99.6 cm³/mol. The molecule has 0 radical (unpaired) electrons. The Balaban J connectivity index is 2.00. The van der Waals surface area contributed by atoms with Crippen molar-refractivity contribution in [3.8, 4) is 0 Å². The standard InChI is InChI=1S/C22H19NO2/c1-17(18-11-5-2-6-12-18)21(24)23(20-15-9-4-10-16-20)22(25)19-13-7-3-8-14-19/h2-17H,1H3. The zero-order valence-electron chi connectivity index (χ0n) is 14.0. The van der Waals surface area contributed by atoms with Gasteiger partial charge in [-0.25, -0.2) is 4.90 Å². The maximum absolute atomic E-state index is 13.2. The van der Waals surface area contributed by atoms with E-state index in [9.17, 15) is 9.59 Å². The van der Waals surface area contributed by atoms with Crippen LogP contribution in [0.2, 0.25) is 0 Å². The van der Waals surface area contributed by atoms with Crippen molar-refractivity contribution >= 4 is 17.5 Å². The molecule has 0 saturated carbocycles. The summed E-state index contributed by atoms with van der Waals surface area (Å²) in [5.41, 5.74) is 1.94. The van der Waals surface area contributed by atoms with Gasteiger partial charge in [-0.1, -0.05) is 66.7 Å². The second-order valence-corrected chi connectivity index (χ2v) is 5.81. The Hall–Kier alpha value is -3.20. The minimum atomic E-state index is -0.422. The van der Waals surface area contributed by atoms with Crippen LogP contribution in [0.15, 0.2) is 91.0 Å². The zero-order valence-corrected chi connectivity index (χ0v) is 14.0. The number of amides is 2. The number of carbonyl (C=O) groups is 2. The SMILES string of the molecule is CC(C(=O)N(C(=O)c1ccccc1)c1ccccc1)c1ccccc1. The average molecular weight is 329 g/mol. The van der Waals surface area contributed by atoms with Crippen LogP contribution < -0.4 is 4.90 Å². The summed E-state index contributed by atoms with van der Waals surface area (Å²) >= 11 is 0. The monoisotopic (exact) mass is 329 g/mol. The Bertz CT molecular complexity index is 845. The molecule has 25 heavy (non-hydrogen) atoms. The lowest BCUT2D eigenvalue weighted by atomic mass is 9.99. The van der Waals surface area contributed by atoms with Crippen molar-refractivity contribution in [1.29, 1.82) is 0 Å². The highest BCUT2D eigenvalue weighted by molar-refractivity contribution is 6.22. The maximum Gasteiger partial charge on any atom is 0.265 e. The number of carbonyl (C=O) groups excluding carboxylic acids is 2. The highest BCUT2D eigenvalue weighted by Crippen LogP contribution is 2.24. The van der Waals surface area contributed by atoms with Gasteiger partial charge >= 0.3 is 0 Å². The smallest absolute Gasteiger partial charge is 0.265 e. The molecule has 3 nitrogen and oxygen atoms in total. The summed E-state index contributed by atoms with van der Waals surface area (Å²) < 4.78 is 0. The van der Waals surface area contributed by atoms with Crippen LogP contribution in [0, 0.1) is 0 Å². The van der Waals surface area contributed by atoms with Crippen molar-refractivity contribution < 1.29 is 9.59 Å². The number of hydrogen-bond donors (Lipinski definition) is 0. The topological polar surface area (TPSA) is 37.4 Å². The van der Waals surface area contributed by atoms with E-state index in [0.29, 0.717) is 11.3 Å². The number of nitrogens with zero attached hydrogens (tertiary/aromatic N) is 1. The Morgan fingerprint density at radius 2 is 1.20 bits per heavy atom. The van der Waals surface area contributed by atoms with Crippen LogP contribution in [0.5, 0.6) is 0 Å². The van der Waals surface area contributed by atoms with Crippen LogP contribution in [0.25, 0.3) is 0 Å². The molecule has 0 spiro atoms. The summed E-state index contributed by atoms with van der Waals surface area (Å²) in [5, 5.41) is 0. The van der Waals surface area contributed by atoms with Gasteiger partial charge < -0.3 is 0 Å². The lowest BCUT2D eigenvalue weighted by molar-refractivity contribution is -0.119. The van der Waals surface area contributed by atoms with E-state index in [2.05, 4.69) is 0 Å². The molecule has 0 heterocycles. The molecular formula is C22H19NO2. The molecule has 3 heteroatoms. The third-order valence-corrected chi connectivity index (χ3v) is 4.13. The number of rotatable bonds is 4. The van der Waals surface area contributed by atoms with E-state index in [1.54, 1.807) is 36.4 Å². The summed E-state index contributed by atoms with van der Waals surface area (Å²) in [6, 6.07) is 27.4. The molecular weight excluding hydrogens is 310 g/mol. The van der Waals surface area contributed by atoms with Crippen molar-refractivity contribution in [2.24, 2.45) is 0 Å². The van der Waals surface area contributed by atoms with Crippen LogP contribution >= 0.6 is 0 Å². The van der Waals surface area contributed by atoms with E-state index in [4.69, 9.17) is 0 Å². The van der Waals surface area contributed by atoms with E-state index in [1.165, 1.54) is 4.90 Å². The number of anilines is 1. The summed E-state index contributed by atoms with van der Waals surface area (Å²) in [6.07, 6.45) is 0. The predicted octanol–water partition coefficient (Wildman–Crippen LogP) is 4.66. The van der Waals surface area contributed by atoms with Crippen molar-refractivity contribution in [2.45, 2.75) is 12.8 Å². The molecule has 0 saturated heterocycles. The number of hydrogen-bond acceptors (Lipinski definition) is 2. The Labute approximate surface area is 147 Å². The first-order valence-electron chi connectivity index (χ1n) is 8.22. The number of para-hydroxylation sites is 1. The van der Waals surface area contributed by atoms with Gasteiger partial charge in [0.25, 0.3) is 5.91 Å². The van der Waals surface area contributed by atoms with E-state index in [-0.39, 0.29) is 11.8 Å². The minimum absolute atomic E-state index is 0.244. The third kappa shape index (κ3) is 3.66. The van der Waals surface area contributed by atoms with Gasteiger partial charge in [-0.2, -0.15) is 0 Å². The highest BCUT2D eigenvalue weighted by atomic mass is 16.2. The summed E-state index contributed by atoms with van der Waals surface area (Å²) in [7, 11) is 0. The first-order valence-corrected chi connectivity index (χ1v) is 8.22. The maximum atomic E-state index is 13.2. The second kappa shape index (κ2) is 7.58. The molecule has 0 aromatic heterocycles. The molecule has 3 aromatic carbocycles. The van der Waals surface area contributed by atoms with Crippen LogP contribution in [0.3, 0.4) is 0 Å². The fourth-order valence-corrected chi connectivity index (χ4v) is 2.71. The minimum Gasteiger partial charge on any atom is -0.273 e. The molecule has 0 N–H and O–H groups in total. The molecule has 124 valence electrons. The molecule has 2 amide bonds. The van der Waals surface area contributed by atoms with Gasteiger partial charge in [0.05, 0.1) is 11.6 Å². The van der Waals surface area contributed by atoms with Crippen LogP contribution in [-0.4, -0.2) is 11.8 Å². The zero-order chi connectivity index (χ0) is 17.6. The molecule has 1 atom stereocenters. The fourth-order valence-electron chi connectivity index (χ4n) is 2.71. The second-order valence-electron chi connectivity index (χ2n) is 5.81. The largest absolute Gasteiger partial charge is 0.273 e. The lowest BCUT2D eigenvalue weighted by Crippen LogP contribution is -2.39. The van der Waals surface area contributed by atoms with Gasteiger partial charge in [-0.3, -0.25) is 9.59 Å². The average Bonchev–Trinajstić information content (AvgIpc) is 2.69.